The molecule has 0 aliphatic carbocycles. The molecule has 3 rings (SSSR count). The van der Waals surface area contributed by atoms with E-state index >= 15 is 0 Å². The molecule has 0 spiro atoms. The van der Waals surface area contributed by atoms with Crippen molar-refractivity contribution >= 4 is 18.1 Å². The molecule has 2 aliphatic rings. The van der Waals surface area contributed by atoms with Gasteiger partial charge < -0.3 is 9.47 Å². The van der Waals surface area contributed by atoms with Crippen LogP contribution in [0.3, 0.4) is 0 Å². The monoisotopic (exact) mass is 346 g/mol. The lowest BCUT2D eigenvalue weighted by Crippen LogP contribution is -2.44. The van der Waals surface area contributed by atoms with Crippen molar-refractivity contribution in [1.82, 2.24) is 9.80 Å². The number of carbonyl (C=O) groups excluding carboxylic acids is 3. The third-order valence-corrected chi connectivity index (χ3v) is 4.37. The van der Waals surface area contributed by atoms with E-state index in [4.69, 9.17) is 9.47 Å². The van der Waals surface area contributed by atoms with Gasteiger partial charge in [-0.1, -0.05) is 30.3 Å². The lowest BCUT2D eigenvalue weighted by molar-refractivity contribution is -0.131. The number of imide groups is 1. The Morgan fingerprint density at radius 3 is 2.40 bits per heavy atom. The van der Waals surface area contributed by atoms with Crippen molar-refractivity contribution in [1.29, 1.82) is 0 Å². The Hall–Kier alpha value is -2.57. The number of rotatable bonds is 2. The van der Waals surface area contributed by atoms with Crippen molar-refractivity contribution in [2.75, 3.05) is 13.2 Å². The molecule has 0 saturated carbocycles. The summed E-state index contributed by atoms with van der Waals surface area (Å²) in [5.41, 5.74) is -1.04. The Balaban J connectivity index is 1.92. The van der Waals surface area contributed by atoms with Gasteiger partial charge in [0.15, 0.2) is 0 Å². The van der Waals surface area contributed by atoms with E-state index in [1.165, 1.54) is 4.90 Å². The van der Waals surface area contributed by atoms with Crippen molar-refractivity contribution in [2.45, 2.75) is 44.9 Å². The summed E-state index contributed by atoms with van der Waals surface area (Å²) in [5, 5.41) is 0. The van der Waals surface area contributed by atoms with E-state index in [1.807, 2.05) is 30.3 Å². The van der Waals surface area contributed by atoms with Crippen LogP contribution in [0.4, 0.5) is 9.59 Å². The van der Waals surface area contributed by atoms with Crippen molar-refractivity contribution in [3.05, 3.63) is 35.9 Å². The maximum absolute atomic E-state index is 13.0. The summed E-state index contributed by atoms with van der Waals surface area (Å²) in [5.74, 6) is -0.449. The van der Waals surface area contributed by atoms with Gasteiger partial charge in [-0.2, -0.15) is 0 Å². The van der Waals surface area contributed by atoms with Gasteiger partial charge in [0, 0.05) is 0 Å². The van der Waals surface area contributed by atoms with Crippen LogP contribution >= 0.6 is 0 Å². The second-order valence-electron chi connectivity index (χ2n) is 7.38. The fourth-order valence-corrected chi connectivity index (χ4v) is 3.18. The van der Waals surface area contributed by atoms with Crippen LogP contribution < -0.4 is 0 Å². The highest BCUT2D eigenvalue weighted by molar-refractivity contribution is 6.03. The number of cyclic esters (lactones) is 1. The van der Waals surface area contributed by atoms with Crippen LogP contribution in [0.2, 0.25) is 0 Å². The third kappa shape index (κ3) is 2.94. The first-order valence-corrected chi connectivity index (χ1v) is 8.22. The molecule has 2 aliphatic heterocycles. The van der Waals surface area contributed by atoms with E-state index in [9.17, 15) is 14.4 Å². The van der Waals surface area contributed by atoms with Crippen LogP contribution in [0.1, 0.15) is 39.3 Å². The van der Waals surface area contributed by atoms with Gasteiger partial charge in [0.2, 0.25) is 0 Å². The van der Waals surface area contributed by atoms with Crippen LogP contribution in [-0.2, 0) is 14.3 Å². The van der Waals surface area contributed by atoms with E-state index in [-0.39, 0.29) is 13.2 Å². The molecular formula is C18H22N2O5. The third-order valence-electron chi connectivity index (χ3n) is 4.37. The Labute approximate surface area is 146 Å². The summed E-state index contributed by atoms with van der Waals surface area (Å²) in [7, 11) is 0. The van der Waals surface area contributed by atoms with E-state index in [0.717, 1.165) is 10.5 Å². The second-order valence-corrected chi connectivity index (χ2v) is 7.38. The predicted molar refractivity (Wildman–Crippen MR) is 88.7 cm³/mol. The van der Waals surface area contributed by atoms with Crippen LogP contribution in [0, 0.1) is 0 Å². The molecule has 7 heteroatoms. The molecule has 0 aromatic heterocycles. The summed E-state index contributed by atoms with van der Waals surface area (Å²) in [6.45, 7) is 7.32. The maximum atomic E-state index is 13.0. The van der Waals surface area contributed by atoms with Gasteiger partial charge in [0.1, 0.15) is 17.7 Å². The molecule has 1 aromatic rings. The minimum absolute atomic E-state index is 0.170. The normalized spacial score (nSPS) is 25.6. The number of hydrogen-bond donors (Lipinski definition) is 0. The number of hydrogen-bond acceptors (Lipinski definition) is 5. The number of carbonyl (C=O) groups is 3. The highest BCUT2D eigenvalue weighted by atomic mass is 16.6. The van der Waals surface area contributed by atoms with E-state index in [1.54, 1.807) is 27.7 Å². The first-order chi connectivity index (χ1) is 11.7. The molecule has 2 heterocycles. The first kappa shape index (κ1) is 17.3. The molecule has 2 saturated heterocycles. The zero-order valence-electron chi connectivity index (χ0n) is 14.8. The Morgan fingerprint density at radius 1 is 1.24 bits per heavy atom. The topological polar surface area (TPSA) is 75.9 Å². The lowest BCUT2D eigenvalue weighted by Gasteiger charge is -2.22. The summed E-state index contributed by atoms with van der Waals surface area (Å²) in [6.07, 6.45) is -1.25. The number of ether oxygens (including phenoxy) is 2. The standard InChI is InChI=1S/C18H22N2O5/c1-17(2,3)25-16(23)20-13(12-8-6-5-7-9-12)18(20,4)14(21)19-10-11-24-15(19)22/h5-9,13H,10-11H2,1-4H3/t13?,18-,20?/m1/s1. The molecule has 7 nitrogen and oxygen atoms in total. The average Bonchev–Trinajstić information content (AvgIpc) is 2.96. The molecule has 25 heavy (non-hydrogen) atoms. The second kappa shape index (κ2) is 5.75. The Kier molecular flexibility index (Phi) is 3.97. The summed E-state index contributed by atoms with van der Waals surface area (Å²) in [6, 6.07) is 8.77. The predicted octanol–water partition coefficient (Wildman–Crippen LogP) is 2.72. The van der Waals surface area contributed by atoms with Gasteiger partial charge in [-0.3, -0.25) is 9.69 Å². The van der Waals surface area contributed by atoms with Crippen molar-refractivity contribution in [3.63, 3.8) is 0 Å². The van der Waals surface area contributed by atoms with Crippen LogP contribution in [-0.4, -0.2) is 52.2 Å². The van der Waals surface area contributed by atoms with Gasteiger partial charge in [-0.05, 0) is 33.3 Å². The molecule has 0 bridgehead atoms. The smallest absolute Gasteiger partial charge is 0.416 e. The first-order valence-electron chi connectivity index (χ1n) is 8.22. The lowest BCUT2D eigenvalue weighted by atomic mass is 10.00. The zero-order chi connectivity index (χ0) is 18.4. The summed E-state index contributed by atoms with van der Waals surface area (Å²) >= 11 is 0. The van der Waals surface area contributed by atoms with E-state index in [0.29, 0.717) is 0 Å². The minimum atomic E-state index is -1.17. The average molecular weight is 346 g/mol. The minimum Gasteiger partial charge on any atom is -0.447 e. The van der Waals surface area contributed by atoms with Crippen molar-refractivity contribution in [3.8, 4) is 0 Å². The quantitative estimate of drug-likeness (QED) is 0.770. The molecule has 134 valence electrons. The molecule has 0 radical (unpaired) electrons. The Morgan fingerprint density at radius 2 is 1.88 bits per heavy atom. The summed E-state index contributed by atoms with van der Waals surface area (Å²) in [4.78, 5) is 39.9. The zero-order valence-corrected chi connectivity index (χ0v) is 14.8. The van der Waals surface area contributed by atoms with Crippen molar-refractivity contribution < 1.29 is 23.9 Å². The molecule has 1 aromatic carbocycles. The van der Waals surface area contributed by atoms with Gasteiger partial charge in [0.05, 0.1) is 12.6 Å². The molecule has 0 N–H and O–H groups in total. The molecule has 1 unspecified atom stereocenters. The summed E-state index contributed by atoms with van der Waals surface area (Å²) < 4.78 is 10.3. The molecule has 3 amide bonds. The van der Waals surface area contributed by atoms with Crippen molar-refractivity contribution in [2.24, 2.45) is 0 Å². The highest BCUT2D eigenvalue weighted by Crippen LogP contribution is 2.55. The number of amides is 3. The number of benzene rings is 1. The fourth-order valence-electron chi connectivity index (χ4n) is 3.18. The maximum Gasteiger partial charge on any atom is 0.416 e. The largest absolute Gasteiger partial charge is 0.447 e. The molecular weight excluding hydrogens is 324 g/mol. The SMILES string of the molecule is CC(C)(C)OC(=O)N1C(c2ccccc2)[C@]1(C)C(=O)N1CCOC1=O. The van der Waals surface area contributed by atoms with Crippen LogP contribution in [0.25, 0.3) is 0 Å². The highest BCUT2D eigenvalue weighted by Gasteiger charge is 2.70. The van der Waals surface area contributed by atoms with E-state index < -0.39 is 35.3 Å². The Bertz CT molecular complexity index is 712. The van der Waals surface area contributed by atoms with E-state index in [2.05, 4.69) is 0 Å². The van der Waals surface area contributed by atoms with Gasteiger partial charge in [-0.25, -0.2) is 14.5 Å². The van der Waals surface area contributed by atoms with Crippen LogP contribution in [0.5, 0.6) is 0 Å². The van der Waals surface area contributed by atoms with Crippen LogP contribution in [0.15, 0.2) is 30.3 Å². The van der Waals surface area contributed by atoms with Gasteiger partial charge in [-0.15, -0.1) is 0 Å². The van der Waals surface area contributed by atoms with Gasteiger partial charge >= 0.3 is 12.2 Å². The number of nitrogens with zero attached hydrogens (tertiary/aromatic N) is 2. The fraction of sp³-hybridized carbons (Fsp3) is 0.500. The molecule has 2 fully saturated rings. The van der Waals surface area contributed by atoms with Gasteiger partial charge in [0.25, 0.3) is 5.91 Å². The molecule has 2 atom stereocenters.